The van der Waals surface area contributed by atoms with Crippen LogP contribution in [0.2, 0.25) is 0 Å². The summed E-state index contributed by atoms with van der Waals surface area (Å²) in [6.07, 6.45) is 1.40. The van der Waals surface area contributed by atoms with Crippen molar-refractivity contribution < 1.29 is 14.7 Å². The van der Waals surface area contributed by atoms with Crippen LogP contribution in [0.25, 0.3) is 0 Å². The maximum absolute atomic E-state index is 12.9. The van der Waals surface area contributed by atoms with Gasteiger partial charge in [-0.05, 0) is 18.4 Å². The molecule has 2 heterocycles. The second-order valence-corrected chi connectivity index (χ2v) is 7.63. The van der Waals surface area contributed by atoms with Crippen molar-refractivity contribution >= 4 is 11.8 Å². The Bertz CT molecular complexity index is 614. The largest absolute Gasteiger partial charge is 0.391 e. The molecule has 5 nitrogen and oxygen atoms in total. The summed E-state index contributed by atoms with van der Waals surface area (Å²) in [6, 6.07) is 9.26. The number of aliphatic hydroxyl groups excluding tert-OH is 1. The Hall–Kier alpha value is -1.88. The summed E-state index contributed by atoms with van der Waals surface area (Å²) in [4.78, 5) is 29.0. The molecule has 2 saturated heterocycles. The van der Waals surface area contributed by atoms with Crippen LogP contribution < -0.4 is 0 Å². The van der Waals surface area contributed by atoms with Crippen LogP contribution in [-0.4, -0.2) is 58.5 Å². The van der Waals surface area contributed by atoms with Gasteiger partial charge in [-0.3, -0.25) is 9.59 Å². The van der Waals surface area contributed by atoms with Gasteiger partial charge in [0, 0.05) is 25.0 Å². The quantitative estimate of drug-likeness (QED) is 0.912. The highest BCUT2D eigenvalue weighted by Crippen LogP contribution is 2.31. The molecule has 2 fully saturated rings. The molecule has 1 aromatic carbocycles. The number of β-amino-alcohol motifs (C(OH)–C–C–N with tert-alkyl or cyclic N) is 1. The van der Waals surface area contributed by atoms with Crippen molar-refractivity contribution in [3.05, 3.63) is 35.9 Å². The Morgan fingerprint density at radius 3 is 2.58 bits per heavy atom. The number of carbonyl (C=O) groups excluding carboxylic acids is 2. The van der Waals surface area contributed by atoms with Gasteiger partial charge in [0.15, 0.2) is 0 Å². The van der Waals surface area contributed by atoms with Crippen LogP contribution in [-0.2, 0) is 16.0 Å². The monoisotopic (exact) mass is 330 g/mol. The number of rotatable bonds is 3. The fourth-order valence-electron chi connectivity index (χ4n) is 3.69. The average molecular weight is 330 g/mol. The molecule has 3 rings (SSSR count). The predicted octanol–water partition coefficient (Wildman–Crippen LogP) is 1.45. The first-order valence-electron chi connectivity index (χ1n) is 8.69. The highest BCUT2D eigenvalue weighted by molar-refractivity contribution is 5.89. The van der Waals surface area contributed by atoms with Crippen LogP contribution in [0.4, 0.5) is 0 Å². The molecule has 0 bridgehead atoms. The van der Waals surface area contributed by atoms with Crippen molar-refractivity contribution in [1.82, 2.24) is 9.80 Å². The number of amides is 2. The minimum Gasteiger partial charge on any atom is -0.391 e. The lowest BCUT2D eigenvalue weighted by Crippen LogP contribution is -2.48. The highest BCUT2D eigenvalue weighted by Gasteiger charge is 2.44. The molecule has 2 aliphatic heterocycles. The Kier molecular flexibility index (Phi) is 4.63. The van der Waals surface area contributed by atoms with Crippen molar-refractivity contribution in [3.63, 3.8) is 0 Å². The molecular formula is C19H26N2O3. The summed E-state index contributed by atoms with van der Waals surface area (Å²) in [5.41, 5.74) is 0.686. The van der Waals surface area contributed by atoms with Crippen LogP contribution in [0.15, 0.2) is 30.3 Å². The van der Waals surface area contributed by atoms with Gasteiger partial charge in [0.2, 0.25) is 11.8 Å². The first-order chi connectivity index (χ1) is 11.4. The molecule has 5 heteroatoms. The molecule has 0 aromatic heterocycles. The van der Waals surface area contributed by atoms with E-state index in [-0.39, 0.29) is 23.3 Å². The van der Waals surface area contributed by atoms with Crippen molar-refractivity contribution in [2.75, 3.05) is 19.6 Å². The van der Waals surface area contributed by atoms with E-state index in [0.29, 0.717) is 32.5 Å². The summed E-state index contributed by atoms with van der Waals surface area (Å²) in [6.45, 7) is 5.49. The lowest BCUT2D eigenvalue weighted by atomic mass is 9.90. The number of carbonyl (C=O) groups is 2. The van der Waals surface area contributed by atoms with Crippen LogP contribution in [0, 0.1) is 5.41 Å². The van der Waals surface area contributed by atoms with E-state index in [1.165, 1.54) is 0 Å². The molecular weight excluding hydrogens is 304 g/mol. The predicted molar refractivity (Wildman–Crippen MR) is 91.2 cm³/mol. The molecule has 1 N–H and O–H groups in total. The van der Waals surface area contributed by atoms with E-state index in [2.05, 4.69) is 0 Å². The van der Waals surface area contributed by atoms with E-state index in [9.17, 15) is 14.7 Å². The molecule has 0 spiro atoms. The zero-order valence-corrected chi connectivity index (χ0v) is 14.4. The Morgan fingerprint density at radius 2 is 1.96 bits per heavy atom. The molecule has 2 atom stereocenters. The molecule has 0 unspecified atom stereocenters. The zero-order valence-electron chi connectivity index (χ0n) is 14.4. The third-order valence-corrected chi connectivity index (χ3v) is 5.26. The van der Waals surface area contributed by atoms with Crippen LogP contribution >= 0.6 is 0 Å². The maximum atomic E-state index is 12.9. The van der Waals surface area contributed by atoms with E-state index in [0.717, 1.165) is 12.0 Å². The summed E-state index contributed by atoms with van der Waals surface area (Å²) in [5, 5.41) is 10.1. The molecule has 0 saturated carbocycles. The number of aliphatic hydroxyl groups is 1. The van der Waals surface area contributed by atoms with Gasteiger partial charge in [0.05, 0.1) is 12.5 Å². The third-order valence-electron chi connectivity index (χ3n) is 5.26. The van der Waals surface area contributed by atoms with Crippen LogP contribution in [0.3, 0.4) is 0 Å². The summed E-state index contributed by atoms with van der Waals surface area (Å²) in [5.74, 6) is -0.00501. The maximum Gasteiger partial charge on any atom is 0.245 e. The van der Waals surface area contributed by atoms with E-state index in [1.807, 2.05) is 44.2 Å². The minimum atomic E-state index is -0.503. The highest BCUT2D eigenvalue weighted by atomic mass is 16.3. The third kappa shape index (κ3) is 3.31. The molecule has 1 aromatic rings. The van der Waals surface area contributed by atoms with Crippen LogP contribution in [0.5, 0.6) is 0 Å². The van der Waals surface area contributed by atoms with Gasteiger partial charge >= 0.3 is 0 Å². The molecule has 2 aliphatic rings. The lowest BCUT2D eigenvalue weighted by Gasteiger charge is -2.28. The molecule has 24 heavy (non-hydrogen) atoms. The number of likely N-dealkylation sites (tertiary alicyclic amines) is 2. The zero-order chi connectivity index (χ0) is 17.3. The molecule has 0 radical (unpaired) electrons. The Balaban J connectivity index is 1.67. The molecule has 0 aliphatic carbocycles. The van der Waals surface area contributed by atoms with Gasteiger partial charge in [0.1, 0.15) is 6.04 Å². The first kappa shape index (κ1) is 17.0. The van der Waals surface area contributed by atoms with Crippen LogP contribution in [0.1, 0.15) is 32.3 Å². The van der Waals surface area contributed by atoms with E-state index in [1.54, 1.807) is 9.80 Å². The van der Waals surface area contributed by atoms with Gasteiger partial charge in [-0.1, -0.05) is 44.2 Å². The summed E-state index contributed by atoms with van der Waals surface area (Å²) < 4.78 is 0. The number of nitrogens with zero attached hydrogens (tertiary/aromatic N) is 2. The number of hydrogen-bond donors (Lipinski definition) is 1. The number of benzene rings is 1. The van der Waals surface area contributed by atoms with Gasteiger partial charge < -0.3 is 14.9 Å². The minimum absolute atomic E-state index is 0.0102. The van der Waals surface area contributed by atoms with Crippen molar-refractivity contribution in [2.45, 2.75) is 45.3 Å². The fourth-order valence-corrected chi connectivity index (χ4v) is 3.69. The van der Waals surface area contributed by atoms with E-state index < -0.39 is 6.10 Å². The summed E-state index contributed by atoms with van der Waals surface area (Å²) >= 11 is 0. The standard InChI is InChI=1S/C19H26N2O3/c1-19(2)13-20(12-16(19)22)18(24)15-9-6-10-21(15)17(23)11-14-7-4-3-5-8-14/h3-5,7-8,15-16,22H,6,9-13H2,1-2H3/t15-,16+/m0/s1. The van der Waals surface area contributed by atoms with Gasteiger partial charge in [-0.15, -0.1) is 0 Å². The van der Waals surface area contributed by atoms with Crippen molar-refractivity contribution in [2.24, 2.45) is 5.41 Å². The van der Waals surface area contributed by atoms with Gasteiger partial charge in [-0.25, -0.2) is 0 Å². The normalized spacial score (nSPS) is 26.0. The molecule has 2 amide bonds. The lowest BCUT2D eigenvalue weighted by molar-refractivity contribution is -0.143. The van der Waals surface area contributed by atoms with Gasteiger partial charge in [0.25, 0.3) is 0 Å². The molecule has 130 valence electrons. The van der Waals surface area contributed by atoms with E-state index >= 15 is 0 Å². The first-order valence-corrected chi connectivity index (χ1v) is 8.69. The van der Waals surface area contributed by atoms with Crippen molar-refractivity contribution in [3.8, 4) is 0 Å². The second-order valence-electron chi connectivity index (χ2n) is 7.63. The summed E-state index contributed by atoms with van der Waals surface area (Å²) in [7, 11) is 0. The van der Waals surface area contributed by atoms with E-state index in [4.69, 9.17) is 0 Å². The second kappa shape index (κ2) is 6.55. The fraction of sp³-hybridized carbons (Fsp3) is 0.579. The number of hydrogen-bond acceptors (Lipinski definition) is 3. The Morgan fingerprint density at radius 1 is 1.25 bits per heavy atom. The SMILES string of the molecule is CC1(C)CN(C(=O)[C@@H]2CCCN2C(=O)Cc2ccccc2)C[C@H]1O. The smallest absolute Gasteiger partial charge is 0.245 e. The Labute approximate surface area is 143 Å². The average Bonchev–Trinajstić information content (AvgIpc) is 3.13. The topological polar surface area (TPSA) is 60.9 Å². The van der Waals surface area contributed by atoms with Crippen molar-refractivity contribution in [1.29, 1.82) is 0 Å². The van der Waals surface area contributed by atoms with Gasteiger partial charge in [-0.2, -0.15) is 0 Å².